The van der Waals surface area contributed by atoms with Crippen LogP contribution in [0.4, 0.5) is 10.1 Å². The van der Waals surface area contributed by atoms with Gasteiger partial charge in [-0.3, -0.25) is 0 Å². The lowest BCUT2D eigenvalue weighted by Gasteiger charge is -2.22. The van der Waals surface area contributed by atoms with Crippen LogP contribution >= 0.6 is 15.9 Å². The Hall–Kier alpha value is -0.620. The average molecular weight is 350 g/mol. The van der Waals surface area contributed by atoms with Crippen LogP contribution in [0.5, 0.6) is 0 Å². The molecule has 6 heteroatoms. The van der Waals surface area contributed by atoms with Gasteiger partial charge in [-0.15, -0.1) is 0 Å². The highest BCUT2D eigenvalue weighted by atomic mass is 79.9. The lowest BCUT2D eigenvalue weighted by molar-refractivity contribution is 0.579. The maximum Gasteiger partial charge on any atom is 0.152 e. The van der Waals surface area contributed by atoms with Gasteiger partial charge in [0.2, 0.25) is 0 Å². The van der Waals surface area contributed by atoms with E-state index < -0.39 is 9.84 Å². The zero-order valence-electron chi connectivity index (χ0n) is 10.9. The van der Waals surface area contributed by atoms with Crippen molar-refractivity contribution in [3.05, 3.63) is 28.0 Å². The Bertz CT molecular complexity index is 589. The maximum absolute atomic E-state index is 13.4. The Morgan fingerprint density at radius 2 is 2.05 bits per heavy atom. The third kappa shape index (κ3) is 3.28. The molecule has 0 bridgehead atoms. The van der Waals surface area contributed by atoms with Crippen molar-refractivity contribution in [2.75, 3.05) is 11.6 Å². The van der Waals surface area contributed by atoms with E-state index in [2.05, 4.69) is 21.2 Å². The van der Waals surface area contributed by atoms with Crippen LogP contribution in [0.1, 0.15) is 24.8 Å². The molecule has 0 saturated heterocycles. The van der Waals surface area contributed by atoms with E-state index in [1.54, 1.807) is 6.07 Å². The van der Waals surface area contributed by atoms with Crippen molar-refractivity contribution in [1.29, 1.82) is 0 Å². The van der Waals surface area contributed by atoms with Crippen LogP contribution in [0.3, 0.4) is 0 Å². The van der Waals surface area contributed by atoms with E-state index >= 15 is 0 Å². The zero-order chi connectivity index (χ0) is 14.2. The van der Waals surface area contributed by atoms with E-state index in [0.717, 1.165) is 24.1 Å². The minimum Gasteiger partial charge on any atom is -0.381 e. The number of anilines is 1. The van der Waals surface area contributed by atoms with Gasteiger partial charge in [-0.05, 0) is 59.8 Å². The first-order chi connectivity index (χ1) is 8.79. The fourth-order valence-corrected chi connectivity index (χ4v) is 4.34. The van der Waals surface area contributed by atoms with Gasteiger partial charge in [0.1, 0.15) is 5.82 Å². The first-order valence-corrected chi connectivity index (χ1v) is 8.95. The van der Waals surface area contributed by atoms with Gasteiger partial charge in [0, 0.05) is 18.0 Å². The van der Waals surface area contributed by atoms with Crippen molar-refractivity contribution in [2.24, 2.45) is 0 Å². The molecule has 1 N–H and O–H groups in total. The summed E-state index contributed by atoms with van der Waals surface area (Å²) in [6.45, 7) is 1.81. The molecule has 3 nitrogen and oxygen atoms in total. The lowest BCUT2D eigenvalue weighted by atomic mass is 10.1. The Kier molecular flexibility index (Phi) is 4.20. The Morgan fingerprint density at radius 3 is 2.68 bits per heavy atom. The summed E-state index contributed by atoms with van der Waals surface area (Å²) in [5, 5.41) is 2.91. The van der Waals surface area contributed by atoms with Crippen molar-refractivity contribution in [2.45, 2.75) is 37.5 Å². The molecule has 1 aromatic carbocycles. The molecule has 0 heterocycles. The van der Waals surface area contributed by atoms with Crippen LogP contribution in [-0.2, 0) is 9.84 Å². The van der Waals surface area contributed by atoms with Gasteiger partial charge in [-0.2, -0.15) is 0 Å². The van der Waals surface area contributed by atoms with Gasteiger partial charge in [0.15, 0.2) is 9.84 Å². The molecule has 2 rings (SSSR count). The fraction of sp³-hybridized carbons (Fsp3) is 0.538. The summed E-state index contributed by atoms with van der Waals surface area (Å²) in [6, 6.07) is 3.02. The minimum absolute atomic E-state index is 0.0916. The first-order valence-electron chi connectivity index (χ1n) is 6.20. The Morgan fingerprint density at radius 1 is 1.37 bits per heavy atom. The third-order valence-corrected chi connectivity index (χ3v) is 5.88. The summed E-state index contributed by atoms with van der Waals surface area (Å²) in [6.07, 6.45) is 3.70. The van der Waals surface area contributed by atoms with E-state index in [0.29, 0.717) is 10.9 Å². The van der Waals surface area contributed by atoms with Crippen molar-refractivity contribution in [3.63, 3.8) is 0 Å². The molecule has 1 fully saturated rings. The molecule has 1 aliphatic rings. The van der Waals surface area contributed by atoms with Crippen molar-refractivity contribution in [3.8, 4) is 0 Å². The first kappa shape index (κ1) is 14.8. The second kappa shape index (κ2) is 5.40. The van der Waals surface area contributed by atoms with E-state index in [-0.39, 0.29) is 17.1 Å². The molecule has 0 spiro atoms. The fourth-order valence-electron chi connectivity index (χ4n) is 2.61. The van der Waals surface area contributed by atoms with Crippen molar-refractivity contribution >= 4 is 31.5 Å². The number of aryl methyl sites for hydroxylation is 1. The van der Waals surface area contributed by atoms with Crippen LogP contribution in [0.2, 0.25) is 0 Å². The molecule has 106 valence electrons. The summed E-state index contributed by atoms with van der Waals surface area (Å²) < 4.78 is 37.2. The largest absolute Gasteiger partial charge is 0.381 e. The van der Waals surface area contributed by atoms with Gasteiger partial charge >= 0.3 is 0 Å². The van der Waals surface area contributed by atoms with E-state index in [1.807, 2.05) is 6.92 Å². The molecule has 0 amide bonds. The van der Waals surface area contributed by atoms with Crippen LogP contribution in [0, 0.1) is 12.7 Å². The molecule has 0 aromatic heterocycles. The van der Waals surface area contributed by atoms with Crippen LogP contribution in [0.25, 0.3) is 0 Å². The van der Waals surface area contributed by atoms with Crippen LogP contribution in [0.15, 0.2) is 16.6 Å². The van der Waals surface area contributed by atoms with E-state index in [9.17, 15) is 12.8 Å². The molecule has 2 atom stereocenters. The van der Waals surface area contributed by atoms with Gasteiger partial charge in [0.25, 0.3) is 0 Å². The monoisotopic (exact) mass is 349 g/mol. The smallest absolute Gasteiger partial charge is 0.152 e. The highest BCUT2D eigenvalue weighted by molar-refractivity contribution is 9.10. The Balaban J connectivity index is 2.24. The standard InChI is InChI=1S/C13H17BrFNO2S/c1-8-6-10(15)9(14)7-12(8)16-11-4-3-5-13(11)19(2,17)18/h6-7,11,13,16H,3-5H2,1-2H3. The molecular weight excluding hydrogens is 333 g/mol. The topological polar surface area (TPSA) is 46.2 Å². The molecular formula is C13H17BrFNO2S. The number of rotatable bonds is 3. The average Bonchev–Trinajstić information content (AvgIpc) is 2.73. The second-order valence-corrected chi connectivity index (χ2v) is 8.25. The number of benzene rings is 1. The number of halogens is 2. The summed E-state index contributed by atoms with van der Waals surface area (Å²) >= 11 is 3.15. The predicted molar refractivity (Wildman–Crippen MR) is 78.7 cm³/mol. The maximum atomic E-state index is 13.4. The predicted octanol–water partition coefficient (Wildman–Crippen LogP) is 3.27. The molecule has 2 unspecified atom stereocenters. The molecule has 0 aliphatic heterocycles. The van der Waals surface area contributed by atoms with Crippen molar-refractivity contribution < 1.29 is 12.8 Å². The number of sulfone groups is 1. The summed E-state index contributed by atoms with van der Waals surface area (Å²) in [5.74, 6) is -0.311. The van der Waals surface area contributed by atoms with E-state index in [1.165, 1.54) is 12.3 Å². The summed E-state index contributed by atoms with van der Waals surface area (Å²) in [4.78, 5) is 0. The number of hydrogen-bond donors (Lipinski definition) is 1. The highest BCUT2D eigenvalue weighted by Gasteiger charge is 2.34. The summed E-state index contributed by atoms with van der Waals surface area (Å²) in [7, 11) is -3.05. The van der Waals surface area contributed by atoms with Gasteiger partial charge in [0.05, 0.1) is 9.72 Å². The second-order valence-electron chi connectivity index (χ2n) is 5.13. The van der Waals surface area contributed by atoms with Gasteiger partial charge in [-0.25, -0.2) is 12.8 Å². The lowest BCUT2D eigenvalue weighted by Crippen LogP contribution is -2.34. The summed E-state index contributed by atoms with van der Waals surface area (Å²) in [5.41, 5.74) is 1.56. The van der Waals surface area contributed by atoms with E-state index in [4.69, 9.17) is 0 Å². The third-order valence-electron chi connectivity index (χ3n) is 3.61. The highest BCUT2D eigenvalue weighted by Crippen LogP contribution is 2.31. The normalized spacial score (nSPS) is 23.6. The van der Waals surface area contributed by atoms with Crippen molar-refractivity contribution in [1.82, 2.24) is 0 Å². The molecule has 19 heavy (non-hydrogen) atoms. The van der Waals surface area contributed by atoms with Crippen LogP contribution < -0.4 is 5.32 Å². The minimum atomic E-state index is -3.05. The van der Waals surface area contributed by atoms with Crippen LogP contribution in [-0.4, -0.2) is 26.0 Å². The molecule has 1 aromatic rings. The number of nitrogens with one attached hydrogen (secondary N) is 1. The molecule has 1 aliphatic carbocycles. The SMILES string of the molecule is Cc1cc(F)c(Br)cc1NC1CCCC1S(C)(=O)=O. The zero-order valence-corrected chi connectivity index (χ0v) is 13.3. The molecule has 1 saturated carbocycles. The quantitative estimate of drug-likeness (QED) is 0.910. The van der Waals surface area contributed by atoms with Gasteiger partial charge in [-0.1, -0.05) is 0 Å². The molecule has 0 radical (unpaired) electrons. The van der Waals surface area contributed by atoms with Gasteiger partial charge < -0.3 is 5.32 Å². The number of hydrogen-bond acceptors (Lipinski definition) is 3. The Labute approximate surface area is 121 Å².